The zero-order valence-corrected chi connectivity index (χ0v) is 11.1. The number of hydrogen-bond donors (Lipinski definition) is 0. The third-order valence-corrected chi connectivity index (χ3v) is 8.99. The molecule has 0 aliphatic rings. The fourth-order valence-electron chi connectivity index (χ4n) is 2.26. The third-order valence-electron chi connectivity index (χ3n) is 3.19. The van der Waals surface area contributed by atoms with Gasteiger partial charge in [0.25, 0.3) is 0 Å². The van der Waals surface area contributed by atoms with Crippen molar-refractivity contribution in [1.29, 1.82) is 5.26 Å². The zero-order chi connectivity index (χ0) is 11.2. The monoisotopic (exact) mass is 213 g/mol. The van der Waals surface area contributed by atoms with Gasteiger partial charge < -0.3 is 4.43 Å². The quantitative estimate of drug-likeness (QED) is 0.498. The molecule has 0 heterocycles. The number of nitrogens with zero attached hydrogens (tertiary/aromatic N) is 1. The molecule has 0 aromatic rings. The molecule has 0 aromatic heterocycles. The fourth-order valence-corrected chi connectivity index (χ4v) is 6.63. The van der Waals surface area contributed by atoms with Gasteiger partial charge in [0, 0.05) is 13.5 Å². The third kappa shape index (κ3) is 3.11. The minimum Gasteiger partial charge on any atom is -0.419 e. The Labute approximate surface area is 89.4 Å². The number of nitriles is 1. The molecule has 0 amide bonds. The van der Waals surface area contributed by atoms with Crippen LogP contribution in [0.5, 0.6) is 0 Å². The normalized spacial score (nSPS) is 12.1. The lowest BCUT2D eigenvalue weighted by Crippen LogP contribution is -2.43. The molecule has 3 heteroatoms. The smallest absolute Gasteiger partial charge is 0.197 e. The summed E-state index contributed by atoms with van der Waals surface area (Å²) in [6.45, 7) is 9.01. The highest BCUT2D eigenvalue weighted by Gasteiger charge is 2.40. The van der Waals surface area contributed by atoms with E-state index in [1.807, 2.05) is 7.11 Å². The largest absolute Gasteiger partial charge is 0.419 e. The van der Waals surface area contributed by atoms with E-state index in [1.54, 1.807) is 0 Å². The molecule has 82 valence electrons. The number of hydrogen-bond acceptors (Lipinski definition) is 2. The van der Waals surface area contributed by atoms with E-state index in [-0.39, 0.29) is 0 Å². The van der Waals surface area contributed by atoms with Crippen LogP contribution in [0.3, 0.4) is 0 Å². The van der Waals surface area contributed by atoms with Gasteiger partial charge in [-0.25, -0.2) is 0 Å². The van der Waals surface area contributed by atoms with E-state index in [0.29, 0.717) is 17.5 Å². The molecule has 0 aliphatic heterocycles. The van der Waals surface area contributed by atoms with Crippen LogP contribution in [0.25, 0.3) is 0 Å². The second-order valence-corrected chi connectivity index (χ2v) is 9.61. The van der Waals surface area contributed by atoms with Crippen LogP contribution >= 0.6 is 0 Å². The Kier molecular flexibility index (Phi) is 6.06. The molecule has 0 spiro atoms. The Morgan fingerprint density at radius 3 is 2.00 bits per heavy atom. The summed E-state index contributed by atoms with van der Waals surface area (Å²) >= 11 is 0. The molecule has 0 atom stereocenters. The van der Waals surface area contributed by atoms with E-state index < -0.39 is 8.32 Å². The maximum Gasteiger partial charge on any atom is 0.197 e. The molecule has 2 nitrogen and oxygen atoms in total. The molecular weight excluding hydrogens is 190 g/mol. The van der Waals surface area contributed by atoms with Gasteiger partial charge in [0.05, 0.1) is 6.07 Å². The van der Waals surface area contributed by atoms with E-state index in [4.69, 9.17) is 9.69 Å². The molecule has 0 N–H and O–H groups in total. The first-order chi connectivity index (χ1) is 6.51. The Morgan fingerprint density at radius 1 is 1.21 bits per heavy atom. The van der Waals surface area contributed by atoms with Crippen LogP contribution in [0.2, 0.25) is 17.1 Å². The predicted molar refractivity (Wildman–Crippen MR) is 62.6 cm³/mol. The zero-order valence-electron chi connectivity index (χ0n) is 10.1. The minimum absolute atomic E-state index is 0.631. The Balaban J connectivity index is 4.44. The standard InChI is InChI=1S/C11H23NOSi/c1-10(2)14(13-5,11(3)4)9-7-6-8-12/h10-11H,6-7,9H2,1-5H3. The first-order valence-electron chi connectivity index (χ1n) is 5.43. The molecule has 0 fully saturated rings. The van der Waals surface area contributed by atoms with Crippen molar-refractivity contribution in [2.24, 2.45) is 0 Å². The predicted octanol–water partition coefficient (Wildman–Crippen LogP) is 3.70. The van der Waals surface area contributed by atoms with Crippen LogP contribution in [0, 0.1) is 11.3 Å². The molecule has 0 saturated heterocycles. The van der Waals surface area contributed by atoms with Crippen molar-refractivity contribution in [2.45, 2.75) is 57.7 Å². The Morgan fingerprint density at radius 2 is 1.71 bits per heavy atom. The van der Waals surface area contributed by atoms with Gasteiger partial charge in [0.2, 0.25) is 0 Å². The second-order valence-electron chi connectivity index (χ2n) is 4.48. The second kappa shape index (κ2) is 6.21. The number of unbranched alkanes of at least 4 members (excludes halogenated alkanes) is 1. The van der Waals surface area contributed by atoms with E-state index in [9.17, 15) is 0 Å². The summed E-state index contributed by atoms with van der Waals surface area (Å²) < 4.78 is 5.84. The van der Waals surface area contributed by atoms with Gasteiger partial charge in [0.1, 0.15) is 0 Å². The van der Waals surface area contributed by atoms with Gasteiger partial charge >= 0.3 is 0 Å². The van der Waals surface area contributed by atoms with Crippen LogP contribution in [0.4, 0.5) is 0 Å². The summed E-state index contributed by atoms with van der Waals surface area (Å²) in [7, 11) is 0.233. The SMILES string of the molecule is CO[Si](CCCC#N)(C(C)C)C(C)C. The van der Waals surface area contributed by atoms with E-state index in [0.717, 1.165) is 12.5 Å². The maximum atomic E-state index is 8.54. The first kappa shape index (κ1) is 13.7. The van der Waals surface area contributed by atoms with Crippen molar-refractivity contribution in [2.75, 3.05) is 7.11 Å². The Hall–Kier alpha value is -0.333. The molecular formula is C11H23NOSi. The van der Waals surface area contributed by atoms with Crippen LogP contribution in [-0.4, -0.2) is 15.4 Å². The highest BCUT2D eigenvalue weighted by atomic mass is 28.4. The molecule has 14 heavy (non-hydrogen) atoms. The topological polar surface area (TPSA) is 33.0 Å². The molecule has 0 rings (SSSR count). The summed E-state index contributed by atoms with van der Waals surface area (Å²) in [4.78, 5) is 0. The molecule has 0 aromatic carbocycles. The lowest BCUT2D eigenvalue weighted by atomic mass is 10.4. The molecule has 0 bridgehead atoms. The van der Waals surface area contributed by atoms with Gasteiger partial charge in [0.15, 0.2) is 8.32 Å². The van der Waals surface area contributed by atoms with E-state index in [2.05, 4.69) is 33.8 Å². The summed E-state index contributed by atoms with van der Waals surface area (Å²) in [6.07, 6.45) is 1.66. The summed E-state index contributed by atoms with van der Waals surface area (Å²) in [5.74, 6) is 0. The molecule has 0 aliphatic carbocycles. The van der Waals surface area contributed by atoms with Gasteiger partial charge in [-0.1, -0.05) is 27.7 Å². The minimum atomic E-state index is -1.61. The Bertz CT molecular complexity index is 188. The van der Waals surface area contributed by atoms with Crippen molar-refractivity contribution in [3.05, 3.63) is 0 Å². The lowest BCUT2D eigenvalue weighted by molar-refractivity contribution is 0.368. The first-order valence-corrected chi connectivity index (χ1v) is 7.70. The van der Waals surface area contributed by atoms with Gasteiger partial charge in [-0.05, 0) is 23.5 Å². The van der Waals surface area contributed by atoms with Crippen LogP contribution in [-0.2, 0) is 4.43 Å². The van der Waals surface area contributed by atoms with E-state index >= 15 is 0 Å². The summed E-state index contributed by atoms with van der Waals surface area (Å²) in [6, 6.07) is 3.33. The maximum absolute atomic E-state index is 8.54. The fraction of sp³-hybridized carbons (Fsp3) is 0.909. The van der Waals surface area contributed by atoms with Crippen molar-refractivity contribution in [3.8, 4) is 6.07 Å². The average Bonchev–Trinajstić information content (AvgIpc) is 2.11. The highest BCUT2D eigenvalue weighted by Crippen LogP contribution is 2.37. The van der Waals surface area contributed by atoms with Gasteiger partial charge in [-0.15, -0.1) is 0 Å². The molecule has 0 radical (unpaired) electrons. The average molecular weight is 213 g/mol. The molecule has 0 unspecified atom stereocenters. The van der Waals surface area contributed by atoms with Crippen LogP contribution < -0.4 is 0 Å². The van der Waals surface area contributed by atoms with Crippen molar-refractivity contribution >= 4 is 8.32 Å². The van der Waals surface area contributed by atoms with Gasteiger partial charge in [-0.3, -0.25) is 0 Å². The number of rotatable bonds is 6. The lowest BCUT2D eigenvalue weighted by Gasteiger charge is -2.37. The van der Waals surface area contributed by atoms with Crippen molar-refractivity contribution < 1.29 is 4.43 Å². The summed E-state index contributed by atoms with van der Waals surface area (Å²) in [5.41, 5.74) is 1.26. The van der Waals surface area contributed by atoms with Crippen LogP contribution in [0.15, 0.2) is 0 Å². The van der Waals surface area contributed by atoms with Gasteiger partial charge in [-0.2, -0.15) is 5.26 Å². The highest BCUT2D eigenvalue weighted by molar-refractivity contribution is 6.76. The van der Waals surface area contributed by atoms with E-state index in [1.165, 1.54) is 0 Å². The van der Waals surface area contributed by atoms with Crippen LogP contribution in [0.1, 0.15) is 40.5 Å². The van der Waals surface area contributed by atoms with Crippen molar-refractivity contribution in [3.63, 3.8) is 0 Å². The van der Waals surface area contributed by atoms with Crippen molar-refractivity contribution in [1.82, 2.24) is 0 Å². The molecule has 0 saturated carbocycles. The summed E-state index contributed by atoms with van der Waals surface area (Å²) in [5, 5.41) is 8.54.